The third-order valence-electron chi connectivity index (χ3n) is 13.1. The molecule has 1 atom stereocenters. The molecule has 0 N–H and O–H groups in total. The monoisotopic (exact) mass is 951 g/mol. The first-order valence-electron chi connectivity index (χ1n) is 29.8. The van der Waals surface area contributed by atoms with Crippen LogP contribution < -0.4 is 0 Å². The van der Waals surface area contributed by atoms with Crippen molar-refractivity contribution in [2.75, 3.05) is 19.8 Å². The van der Waals surface area contributed by atoms with Gasteiger partial charge in [0, 0.05) is 19.4 Å². The molecular formula is C63H114O5. The molecule has 0 aromatic heterocycles. The molecule has 0 aromatic carbocycles. The molecule has 5 heteroatoms. The number of esters is 2. The summed E-state index contributed by atoms with van der Waals surface area (Å²) >= 11 is 0. The molecular weight excluding hydrogens is 837 g/mol. The minimum absolute atomic E-state index is 0.0599. The lowest BCUT2D eigenvalue weighted by Crippen LogP contribution is -2.30. The van der Waals surface area contributed by atoms with E-state index < -0.39 is 6.10 Å². The maximum absolute atomic E-state index is 12.9. The Hall–Kier alpha value is -2.40. The average Bonchev–Trinajstić information content (AvgIpc) is 3.34. The molecule has 396 valence electrons. The summed E-state index contributed by atoms with van der Waals surface area (Å²) in [4.78, 5) is 25.5. The minimum atomic E-state index is -0.557. The van der Waals surface area contributed by atoms with Crippen molar-refractivity contribution in [2.24, 2.45) is 0 Å². The number of hydrogen-bond donors (Lipinski definition) is 0. The Morgan fingerprint density at radius 3 is 1.04 bits per heavy atom. The average molecular weight is 952 g/mol. The lowest BCUT2D eigenvalue weighted by Gasteiger charge is -2.18. The summed E-state index contributed by atoms with van der Waals surface area (Å²) in [6.45, 7) is 7.72. The van der Waals surface area contributed by atoms with Gasteiger partial charge in [0.2, 0.25) is 0 Å². The highest BCUT2D eigenvalue weighted by Crippen LogP contribution is 2.17. The zero-order valence-corrected chi connectivity index (χ0v) is 45.6. The van der Waals surface area contributed by atoms with E-state index in [4.69, 9.17) is 14.2 Å². The van der Waals surface area contributed by atoms with Crippen LogP contribution in [0.4, 0.5) is 0 Å². The number of carbonyl (C=O) groups excluding carboxylic acids is 2. The number of allylic oxidation sites excluding steroid dienone is 10. The second-order valence-corrected chi connectivity index (χ2v) is 19.9. The predicted octanol–water partition coefficient (Wildman–Crippen LogP) is 20.5. The van der Waals surface area contributed by atoms with E-state index in [1.807, 2.05) is 0 Å². The zero-order valence-electron chi connectivity index (χ0n) is 45.6. The van der Waals surface area contributed by atoms with Crippen LogP contribution >= 0.6 is 0 Å². The number of hydrogen-bond acceptors (Lipinski definition) is 5. The van der Waals surface area contributed by atoms with Gasteiger partial charge in [0.15, 0.2) is 6.10 Å². The molecule has 0 saturated heterocycles. The number of rotatable bonds is 55. The molecule has 0 heterocycles. The van der Waals surface area contributed by atoms with E-state index in [0.29, 0.717) is 19.4 Å². The van der Waals surface area contributed by atoms with Crippen LogP contribution in [-0.2, 0) is 23.8 Å². The first-order chi connectivity index (χ1) is 33.6. The highest BCUT2D eigenvalue weighted by Gasteiger charge is 2.17. The van der Waals surface area contributed by atoms with Crippen LogP contribution in [0.25, 0.3) is 0 Å². The quantitative estimate of drug-likeness (QED) is 0.0345. The first kappa shape index (κ1) is 65.6. The van der Waals surface area contributed by atoms with Crippen LogP contribution in [0, 0.1) is 0 Å². The van der Waals surface area contributed by atoms with Gasteiger partial charge in [-0.1, -0.05) is 293 Å². The van der Waals surface area contributed by atoms with Gasteiger partial charge < -0.3 is 14.2 Å². The summed E-state index contributed by atoms with van der Waals surface area (Å²) in [6, 6.07) is 0. The van der Waals surface area contributed by atoms with Crippen LogP contribution in [0.2, 0.25) is 0 Å². The molecule has 0 spiro atoms. The fourth-order valence-corrected chi connectivity index (χ4v) is 8.67. The van der Waals surface area contributed by atoms with Crippen molar-refractivity contribution in [1.29, 1.82) is 0 Å². The van der Waals surface area contributed by atoms with Gasteiger partial charge in [-0.05, 0) is 57.8 Å². The molecule has 0 aliphatic carbocycles. The van der Waals surface area contributed by atoms with Crippen LogP contribution in [0.3, 0.4) is 0 Å². The number of unbranched alkanes of at least 4 members (excludes halogenated alkanes) is 34. The van der Waals surface area contributed by atoms with Crippen molar-refractivity contribution >= 4 is 11.9 Å². The third kappa shape index (κ3) is 56.2. The van der Waals surface area contributed by atoms with Crippen LogP contribution in [0.1, 0.15) is 303 Å². The summed E-state index contributed by atoms with van der Waals surface area (Å²) in [5.74, 6) is -0.447. The van der Waals surface area contributed by atoms with Crippen molar-refractivity contribution in [3.05, 3.63) is 60.8 Å². The Labute approximate surface area is 424 Å². The second kappa shape index (κ2) is 58.9. The van der Waals surface area contributed by atoms with Gasteiger partial charge in [0.1, 0.15) is 6.61 Å². The van der Waals surface area contributed by atoms with E-state index >= 15 is 0 Å². The van der Waals surface area contributed by atoms with Gasteiger partial charge in [0.25, 0.3) is 0 Å². The fraction of sp³-hybridized carbons (Fsp3) is 0.810. The van der Waals surface area contributed by atoms with E-state index in [2.05, 4.69) is 81.5 Å². The van der Waals surface area contributed by atoms with Crippen molar-refractivity contribution in [3.63, 3.8) is 0 Å². The molecule has 68 heavy (non-hydrogen) atoms. The van der Waals surface area contributed by atoms with Gasteiger partial charge in [-0.3, -0.25) is 9.59 Å². The summed E-state index contributed by atoms with van der Waals surface area (Å²) in [7, 11) is 0. The largest absolute Gasteiger partial charge is 0.462 e. The van der Waals surface area contributed by atoms with E-state index in [1.165, 1.54) is 199 Å². The lowest BCUT2D eigenvalue weighted by molar-refractivity contribution is -0.163. The van der Waals surface area contributed by atoms with E-state index in [0.717, 1.165) is 70.6 Å². The Balaban J connectivity index is 4.31. The Morgan fingerprint density at radius 2 is 0.662 bits per heavy atom. The zero-order chi connectivity index (χ0) is 49.2. The molecule has 0 fully saturated rings. The summed E-state index contributed by atoms with van der Waals surface area (Å²) < 4.78 is 17.5. The molecule has 5 nitrogen and oxygen atoms in total. The van der Waals surface area contributed by atoms with Crippen molar-refractivity contribution in [3.8, 4) is 0 Å². The van der Waals surface area contributed by atoms with Crippen molar-refractivity contribution in [1.82, 2.24) is 0 Å². The smallest absolute Gasteiger partial charge is 0.306 e. The lowest BCUT2D eigenvalue weighted by atomic mass is 10.0. The fourth-order valence-electron chi connectivity index (χ4n) is 8.67. The predicted molar refractivity (Wildman–Crippen MR) is 298 cm³/mol. The second-order valence-electron chi connectivity index (χ2n) is 19.9. The molecule has 0 aliphatic rings. The van der Waals surface area contributed by atoms with Crippen molar-refractivity contribution in [2.45, 2.75) is 309 Å². The normalized spacial score (nSPS) is 12.6. The van der Waals surface area contributed by atoms with Gasteiger partial charge in [-0.15, -0.1) is 0 Å². The van der Waals surface area contributed by atoms with Crippen LogP contribution in [0.5, 0.6) is 0 Å². The van der Waals surface area contributed by atoms with Crippen LogP contribution in [0.15, 0.2) is 60.8 Å². The molecule has 0 aliphatic heterocycles. The highest BCUT2D eigenvalue weighted by molar-refractivity contribution is 5.70. The maximum atomic E-state index is 12.9. The maximum Gasteiger partial charge on any atom is 0.306 e. The third-order valence-corrected chi connectivity index (χ3v) is 13.1. The number of ether oxygens (including phenoxy) is 3. The highest BCUT2D eigenvalue weighted by atomic mass is 16.6. The van der Waals surface area contributed by atoms with Gasteiger partial charge in [-0.2, -0.15) is 0 Å². The molecule has 0 radical (unpaired) electrons. The molecule has 0 aromatic rings. The minimum Gasteiger partial charge on any atom is -0.462 e. The van der Waals surface area contributed by atoms with Crippen LogP contribution in [-0.4, -0.2) is 37.9 Å². The van der Waals surface area contributed by atoms with Gasteiger partial charge in [0.05, 0.1) is 6.61 Å². The Kier molecular flexibility index (Phi) is 56.8. The molecule has 0 bridgehead atoms. The summed E-state index contributed by atoms with van der Waals surface area (Å²) in [5.41, 5.74) is 0. The number of carbonyl (C=O) groups is 2. The summed E-state index contributed by atoms with van der Waals surface area (Å²) in [5, 5.41) is 0. The Morgan fingerprint density at radius 1 is 0.338 bits per heavy atom. The standard InChI is InChI=1S/C63H114O5/c1-4-7-10-13-16-19-22-25-28-31-34-37-40-43-46-49-52-55-58-66-59-61(68-63(65)57-54-51-48-45-42-39-36-33-30-27-24-21-18-15-12-9-6-3)60-67-62(64)56-53-50-47-44-41-38-35-32-29-26-23-20-17-14-11-8-5-2/h8,11,17,20,26,29,35,38,44,47,61H,4-7,9-10,12-16,18-19,21-25,27-28,30-34,36-37,39-43,45-46,48-60H2,1-3H3/b11-8-,20-17-,29-26-,38-35-,47-44-. The summed E-state index contributed by atoms with van der Waals surface area (Å²) in [6.07, 6.45) is 75.4. The van der Waals surface area contributed by atoms with Gasteiger partial charge in [-0.25, -0.2) is 0 Å². The first-order valence-corrected chi connectivity index (χ1v) is 29.8. The van der Waals surface area contributed by atoms with E-state index in [-0.39, 0.29) is 25.2 Å². The van der Waals surface area contributed by atoms with Crippen molar-refractivity contribution < 1.29 is 23.8 Å². The van der Waals surface area contributed by atoms with E-state index in [9.17, 15) is 9.59 Å². The topological polar surface area (TPSA) is 61.8 Å². The SMILES string of the molecule is CC/C=C\C/C=C\C/C=C\C/C=C\C/C=C\CCCC(=O)OCC(COCCCCCCCCCCCCCCCCCCCC)OC(=O)CCCCCCCCCCCCCCCCCCC. The molecule has 1 unspecified atom stereocenters. The van der Waals surface area contributed by atoms with E-state index in [1.54, 1.807) is 0 Å². The molecule has 0 rings (SSSR count). The Bertz CT molecular complexity index is 1170. The molecule has 0 saturated carbocycles. The molecule has 0 amide bonds. The van der Waals surface area contributed by atoms with Gasteiger partial charge >= 0.3 is 11.9 Å².